The molecule has 2 unspecified atom stereocenters. The molecule has 0 amide bonds. The Hall–Kier alpha value is -1.76. The van der Waals surface area contributed by atoms with Crippen molar-refractivity contribution in [3.8, 4) is 0 Å². The standard InChI is InChI=1S/C13H14F10O4/c1-5(7(24)25)6(2)8(26)27-4-3-10(16,17)12(20,21)13(22,23)11(18,19)9(14)15/h5-6,9H,3-4H2,1-2H3,(H,24,25). The molecule has 0 aliphatic carbocycles. The van der Waals surface area contributed by atoms with Gasteiger partial charge in [-0.1, -0.05) is 13.8 Å². The summed E-state index contributed by atoms with van der Waals surface area (Å²) in [6.45, 7) is 0.309. The van der Waals surface area contributed by atoms with Crippen molar-refractivity contribution in [3.63, 3.8) is 0 Å². The number of rotatable bonds is 10. The Labute approximate surface area is 145 Å². The Balaban J connectivity index is 5.21. The Morgan fingerprint density at radius 1 is 0.889 bits per heavy atom. The zero-order valence-electron chi connectivity index (χ0n) is 13.6. The fourth-order valence-electron chi connectivity index (χ4n) is 1.56. The normalized spacial score (nSPS) is 16.2. The summed E-state index contributed by atoms with van der Waals surface area (Å²) in [6.07, 6.45) is -7.76. The van der Waals surface area contributed by atoms with Crippen LogP contribution in [0.3, 0.4) is 0 Å². The molecule has 0 saturated heterocycles. The van der Waals surface area contributed by atoms with Gasteiger partial charge in [-0.05, 0) is 0 Å². The summed E-state index contributed by atoms with van der Waals surface area (Å²) in [6, 6.07) is 0. The van der Waals surface area contributed by atoms with E-state index < -0.39 is 66.9 Å². The lowest BCUT2D eigenvalue weighted by atomic mass is 9.96. The van der Waals surface area contributed by atoms with Crippen LogP contribution in [0.2, 0.25) is 0 Å². The van der Waals surface area contributed by atoms with E-state index in [4.69, 9.17) is 5.11 Å². The lowest BCUT2D eigenvalue weighted by molar-refractivity contribution is -0.384. The summed E-state index contributed by atoms with van der Waals surface area (Å²) in [5.74, 6) is -32.5. The van der Waals surface area contributed by atoms with Gasteiger partial charge in [0.05, 0.1) is 24.9 Å². The zero-order valence-corrected chi connectivity index (χ0v) is 13.6. The van der Waals surface area contributed by atoms with E-state index in [0.717, 1.165) is 13.8 Å². The van der Waals surface area contributed by atoms with Gasteiger partial charge in [0.15, 0.2) is 0 Å². The van der Waals surface area contributed by atoms with E-state index in [2.05, 4.69) is 4.74 Å². The third-order valence-electron chi connectivity index (χ3n) is 3.72. The van der Waals surface area contributed by atoms with Crippen LogP contribution < -0.4 is 0 Å². The lowest BCUT2D eigenvalue weighted by Crippen LogP contribution is -2.64. The van der Waals surface area contributed by atoms with Crippen molar-refractivity contribution in [3.05, 3.63) is 0 Å². The van der Waals surface area contributed by atoms with Crippen molar-refractivity contribution in [2.45, 2.75) is 50.4 Å². The molecule has 0 aromatic carbocycles. The maximum Gasteiger partial charge on any atom is 0.384 e. The van der Waals surface area contributed by atoms with Gasteiger partial charge in [0, 0.05) is 0 Å². The first-order valence-corrected chi connectivity index (χ1v) is 7.03. The second-order valence-electron chi connectivity index (χ2n) is 5.61. The molecule has 0 aromatic rings. The summed E-state index contributed by atoms with van der Waals surface area (Å²) >= 11 is 0. The third-order valence-corrected chi connectivity index (χ3v) is 3.72. The van der Waals surface area contributed by atoms with Crippen LogP contribution in [0.4, 0.5) is 43.9 Å². The molecule has 27 heavy (non-hydrogen) atoms. The van der Waals surface area contributed by atoms with Gasteiger partial charge in [0.2, 0.25) is 0 Å². The van der Waals surface area contributed by atoms with Crippen LogP contribution in [-0.4, -0.2) is 53.8 Å². The van der Waals surface area contributed by atoms with Crippen molar-refractivity contribution >= 4 is 11.9 Å². The summed E-state index contributed by atoms with van der Waals surface area (Å²) in [4.78, 5) is 22.0. The van der Waals surface area contributed by atoms with Gasteiger partial charge < -0.3 is 9.84 Å². The van der Waals surface area contributed by atoms with Gasteiger partial charge in [-0.15, -0.1) is 0 Å². The van der Waals surface area contributed by atoms with Crippen molar-refractivity contribution in [1.29, 1.82) is 0 Å². The Kier molecular flexibility index (Phi) is 7.56. The molecule has 0 heterocycles. The molecule has 0 bridgehead atoms. The molecule has 0 aliphatic heterocycles. The van der Waals surface area contributed by atoms with Crippen LogP contribution in [0, 0.1) is 11.8 Å². The van der Waals surface area contributed by atoms with Crippen molar-refractivity contribution in [1.82, 2.24) is 0 Å². The maximum absolute atomic E-state index is 13.3. The summed E-state index contributed by atoms with van der Waals surface area (Å²) in [5.41, 5.74) is 0. The third kappa shape index (κ3) is 4.75. The Morgan fingerprint density at radius 3 is 1.70 bits per heavy atom. The van der Waals surface area contributed by atoms with E-state index in [9.17, 15) is 53.5 Å². The first-order chi connectivity index (χ1) is 11.8. The molecule has 0 aliphatic rings. The van der Waals surface area contributed by atoms with Crippen LogP contribution in [0.5, 0.6) is 0 Å². The quantitative estimate of drug-likeness (QED) is 0.424. The average molecular weight is 424 g/mol. The fraction of sp³-hybridized carbons (Fsp3) is 0.846. The number of esters is 1. The minimum Gasteiger partial charge on any atom is -0.481 e. The number of hydrogen-bond donors (Lipinski definition) is 1. The fourth-order valence-corrected chi connectivity index (χ4v) is 1.56. The number of ether oxygens (including phenoxy) is 1. The van der Waals surface area contributed by atoms with Crippen LogP contribution in [0.15, 0.2) is 0 Å². The summed E-state index contributed by atoms with van der Waals surface area (Å²) in [7, 11) is 0. The predicted octanol–water partition coefficient (Wildman–Crippen LogP) is 4.08. The van der Waals surface area contributed by atoms with E-state index in [1.165, 1.54) is 0 Å². The van der Waals surface area contributed by atoms with E-state index >= 15 is 0 Å². The van der Waals surface area contributed by atoms with Gasteiger partial charge in [-0.2, -0.15) is 35.1 Å². The smallest absolute Gasteiger partial charge is 0.384 e. The van der Waals surface area contributed by atoms with E-state index in [1.807, 2.05) is 0 Å². The highest BCUT2D eigenvalue weighted by Crippen LogP contribution is 2.55. The maximum atomic E-state index is 13.3. The minimum atomic E-state index is -7.12. The molecule has 160 valence electrons. The monoisotopic (exact) mass is 424 g/mol. The van der Waals surface area contributed by atoms with E-state index in [-0.39, 0.29) is 0 Å². The van der Waals surface area contributed by atoms with E-state index in [1.54, 1.807) is 0 Å². The van der Waals surface area contributed by atoms with Crippen LogP contribution in [0.25, 0.3) is 0 Å². The zero-order chi connectivity index (χ0) is 22.0. The average Bonchev–Trinajstić information content (AvgIpc) is 2.51. The topological polar surface area (TPSA) is 63.6 Å². The number of aliphatic carboxylic acids is 1. The number of alkyl halides is 10. The first kappa shape index (κ1) is 25.2. The lowest BCUT2D eigenvalue weighted by Gasteiger charge is -2.36. The number of hydrogen-bond acceptors (Lipinski definition) is 3. The van der Waals surface area contributed by atoms with E-state index in [0.29, 0.717) is 0 Å². The van der Waals surface area contributed by atoms with Crippen molar-refractivity contribution in [2.75, 3.05) is 6.61 Å². The van der Waals surface area contributed by atoms with Crippen LogP contribution in [0.1, 0.15) is 20.3 Å². The molecule has 0 fully saturated rings. The minimum absolute atomic E-state index is 0.977. The molecule has 4 nitrogen and oxygen atoms in total. The molecule has 14 heteroatoms. The molecule has 0 aromatic heterocycles. The highest BCUT2D eigenvalue weighted by atomic mass is 19.4. The summed E-state index contributed by atoms with van der Waals surface area (Å²) < 4.78 is 132. The van der Waals surface area contributed by atoms with Crippen LogP contribution >= 0.6 is 0 Å². The predicted molar refractivity (Wildman–Crippen MR) is 67.3 cm³/mol. The Morgan fingerprint density at radius 2 is 1.33 bits per heavy atom. The summed E-state index contributed by atoms with van der Waals surface area (Å²) in [5, 5.41) is 8.63. The van der Waals surface area contributed by atoms with Crippen LogP contribution in [-0.2, 0) is 14.3 Å². The number of carbonyl (C=O) groups is 2. The van der Waals surface area contributed by atoms with Crippen molar-refractivity contribution < 1.29 is 63.3 Å². The van der Waals surface area contributed by atoms with Crippen molar-refractivity contribution in [2.24, 2.45) is 11.8 Å². The number of carbonyl (C=O) groups excluding carboxylic acids is 1. The Bertz CT molecular complexity index is 549. The molecule has 0 radical (unpaired) electrons. The molecule has 0 saturated carbocycles. The number of carboxylic acid groups (broad SMARTS) is 1. The molecule has 1 N–H and O–H groups in total. The molecule has 0 spiro atoms. The first-order valence-electron chi connectivity index (χ1n) is 7.03. The highest BCUT2D eigenvalue weighted by Gasteiger charge is 2.82. The SMILES string of the molecule is CC(C(=O)O)C(C)C(=O)OCCC(F)(F)C(F)(F)C(F)(F)C(F)(F)C(F)F. The second kappa shape index (κ2) is 8.09. The highest BCUT2D eigenvalue weighted by molar-refractivity contribution is 5.80. The van der Waals surface area contributed by atoms with Gasteiger partial charge in [0.1, 0.15) is 0 Å². The molecular weight excluding hydrogens is 410 g/mol. The molecule has 0 rings (SSSR count). The molecular formula is C13H14F10O4. The van der Waals surface area contributed by atoms with Gasteiger partial charge in [-0.25, -0.2) is 8.78 Å². The van der Waals surface area contributed by atoms with Gasteiger partial charge in [0.25, 0.3) is 0 Å². The molecule has 2 atom stereocenters. The largest absolute Gasteiger partial charge is 0.481 e. The number of halogens is 10. The van der Waals surface area contributed by atoms with Gasteiger partial charge >= 0.3 is 42.1 Å². The number of carboxylic acids is 1. The second-order valence-corrected chi connectivity index (χ2v) is 5.61. The van der Waals surface area contributed by atoms with Gasteiger partial charge in [-0.3, -0.25) is 9.59 Å².